The molecule has 0 aliphatic carbocycles. The SMILES string of the molecule is OC1CCN(CCCNc2ncccn2)CC1. The van der Waals surface area contributed by atoms with Gasteiger partial charge in [-0.15, -0.1) is 0 Å². The van der Waals surface area contributed by atoms with E-state index >= 15 is 0 Å². The molecule has 0 saturated carbocycles. The number of nitrogens with zero attached hydrogens (tertiary/aromatic N) is 3. The van der Waals surface area contributed by atoms with Crippen LogP contribution in [-0.2, 0) is 0 Å². The van der Waals surface area contributed by atoms with Gasteiger partial charge in [-0.05, 0) is 31.9 Å². The molecule has 1 aliphatic heterocycles. The highest BCUT2D eigenvalue weighted by Gasteiger charge is 2.15. The molecule has 5 heteroatoms. The van der Waals surface area contributed by atoms with Gasteiger partial charge in [-0.25, -0.2) is 9.97 Å². The second kappa shape index (κ2) is 6.51. The van der Waals surface area contributed by atoms with Crippen molar-refractivity contribution in [2.45, 2.75) is 25.4 Å². The third kappa shape index (κ3) is 4.28. The van der Waals surface area contributed by atoms with E-state index in [1.165, 1.54) is 0 Å². The molecule has 0 unspecified atom stereocenters. The molecule has 1 saturated heterocycles. The summed E-state index contributed by atoms with van der Waals surface area (Å²) in [7, 11) is 0. The van der Waals surface area contributed by atoms with E-state index in [1.807, 2.05) is 6.07 Å². The molecule has 2 rings (SSSR count). The Morgan fingerprint density at radius 1 is 1.29 bits per heavy atom. The molecule has 1 aromatic rings. The van der Waals surface area contributed by atoms with Gasteiger partial charge in [-0.2, -0.15) is 0 Å². The van der Waals surface area contributed by atoms with E-state index < -0.39 is 0 Å². The van der Waals surface area contributed by atoms with Gasteiger partial charge in [0.2, 0.25) is 5.95 Å². The van der Waals surface area contributed by atoms with Gasteiger partial charge < -0.3 is 15.3 Å². The van der Waals surface area contributed by atoms with Crippen LogP contribution in [0.15, 0.2) is 18.5 Å². The maximum Gasteiger partial charge on any atom is 0.222 e. The summed E-state index contributed by atoms with van der Waals surface area (Å²) in [5, 5.41) is 12.6. The molecule has 1 fully saturated rings. The molecule has 0 amide bonds. The van der Waals surface area contributed by atoms with Crippen molar-refractivity contribution >= 4 is 5.95 Å². The van der Waals surface area contributed by atoms with Gasteiger partial charge in [-0.3, -0.25) is 0 Å². The maximum atomic E-state index is 9.39. The van der Waals surface area contributed by atoms with Crippen molar-refractivity contribution in [3.8, 4) is 0 Å². The summed E-state index contributed by atoms with van der Waals surface area (Å²) in [6, 6.07) is 1.81. The Kier molecular flexibility index (Phi) is 4.70. The van der Waals surface area contributed by atoms with Crippen molar-refractivity contribution in [3.05, 3.63) is 18.5 Å². The first-order chi connectivity index (χ1) is 8.34. The Morgan fingerprint density at radius 3 is 2.71 bits per heavy atom. The van der Waals surface area contributed by atoms with Crippen LogP contribution in [0.3, 0.4) is 0 Å². The Bertz CT molecular complexity index is 312. The highest BCUT2D eigenvalue weighted by atomic mass is 16.3. The summed E-state index contributed by atoms with van der Waals surface area (Å²) in [5.74, 6) is 0.696. The van der Waals surface area contributed by atoms with E-state index in [0.717, 1.165) is 45.4 Å². The topological polar surface area (TPSA) is 61.3 Å². The summed E-state index contributed by atoms with van der Waals surface area (Å²) in [5.41, 5.74) is 0. The lowest BCUT2D eigenvalue weighted by molar-refractivity contribution is 0.0825. The van der Waals surface area contributed by atoms with Crippen LogP contribution in [0.25, 0.3) is 0 Å². The van der Waals surface area contributed by atoms with E-state index in [4.69, 9.17) is 0 Å². The number of rotatable bonds is 5. The van der Waals surface area contributed by atoms with E-state index in [2.05, 4.69) is 20.2 Å². The van der Waals surface area contributed by atoms with Crippen molar-refractivity contribution in [1.29, 1.82) is 0 Å². The van der Waals surface area contributed by atoms with Gasteiger partial charge in [-0.1, -0.05) is 0 Å². The van der Waals surface area contributed by atoms with Crippen molar-refractivity contribution in [1.82, 2.24) is 14.9 Å². The zero-order valence-electron chi connectivity index (χ0n) is 10.0. The van der Waals surface area contributed by atoms with Crippen LogP contribution in [0.4, 0.5) is 5.95 Å². The van der Waals surface area contributed by atoms with Crippen LogP contribution >= 0.6 is 0 Å². The minimum absolute atomic E-state index is 0.0814. The van der Waals surface area contributed by atoms with E-state index in [0.29, 0.717) is 5.95 Å². The summed E-state index contributed by atoms with van der Waals surface area (Å²) >= 11 is 0. The molecule has 0 aromatic carbocycles. The third-order valence-electron chi connectivity index (χ3n) is 3.06. The van der Waals surface area contributed by atoms with Gasteiger partial charge in [0.15, 0.2) is 0 Å². The van der Waals surface area contributed by atoms with Crippen LogP contribution in [0.2, 0.25) is 0 Å². The number of likely N-dealkylation sites (tertiary alicyclic amines) is 1. The molecule has 1 aromatic heterocycles. The number of piperidine rings is 1. The van der Waals surface area contributed by atoms with Crippen molar-refractivity contribution < 1.29 is 5.11 Å². The fraction of sp³-hybridized carbons (Fsp3) is 0.667. The molecule has 0 atom stereocenters. The molecule has 0 radical (unpaired) electrons. The first-order valence-corrected chi connectivity index (χ1v) is 6.26. The van der Waals surface area contributed by atoms with Crippen LogP contribution in [-0.4, -0.2) is 52.3 Å². The van der Waals surface area contributed by atoms with Gasteiger partial charge in [0.05, 0.1) is 6.10 Å². The van der Waals surface area contributed by atoms with Gasteiger partial charge in [0, 0.05) is 32.0 Å². The minimum Gasteiger partial charge on any atom is -0.393 e. The van der Waals surface area contributed by atoms with Gasteiger partial charge >= 0.3 is 0 Å². The third-order valence-corrected chi connectivity index (χ3v) is 3.06. The summed E-state index contributed by atoms with van der Waals surface area (Å²) in [6.45, 7) is 4.00. The fourth-order valence-electron chi connectivity index (χ4n) is 2.04. The number of aliphatic hydroxyl groups excluding tert-OH is 1. The average Bonchev–Trinajstić information content (AvgIpc) is 2.38. The highest BCUT2D eigenvalue weighted by molar-refractivity contribution is 5.21. The molecule has 94 valence electrons. The molecule has 5 nitrogen and oxygen atoms in total. The lowest BCUT2D eigenvalue weighted by Gasteiger charge is -2.29. The predicted molar refractivity (Wildman–Crippen MR) is 66.8 cm³/mol. The Balaban J connectivity index is 1.57. The monoisotopic (exact) mass is 236 g/mol. The molecule has 17 heavy (non-hydrogen) atoms. The van der Waals surface area contributed by atoms with Crippen LogP contribution in [0, 0.1) is 0 Å². The molecule has 2 heterocycles. The minimum atomic E-state index is -0.0814. The molecule has 0 bridgehead atoms. The second-order valence-electron chi connectivity index (χ2n) is 4.43. The standard InChI is InChI=1S/C12H20N4O/c17-11-3-9-16(10-4-11)8-2-7-15-12-13-5-1-6-14-12/h1,5-6,11,17H,2-4,7-10H2,(H,13,14,15). The highest BCUT2D eigenvalue weighted by Crippen LogP contribution is 2.09. The quantitative estimate of drug-likeness (QED) is 0.738. The molecular formula is C12H20N4O. The number of aliphatic hydroxyl groups is 1. The smallest absolute Gasteiger partial charge is 0.222 e. The van der Waals surface area contributed by atoms with Crippen LogP contribution in [0.5, 0.6) is 0 Å². The normalized spacial score (nSPS) is 18.2. The molecular weight excluding hydrogens is 216 g/mol. The Morgan fingerprint density at radius 2 is 2.00 bits per heavy atom. The van der Waals surface area contributed by atoms with E-state index in [-0.39, 0.29) is 6.10 Å². The number of anilines is 1. The van der Waals surface area contributed by atoms with Crippen molar-refractivity contribution in [3.63, 3.8) is 0 Å². The van der Waals surface area contributed by atoms with Gasteiger partial charge in [0.1, 0.15) is 0 Å². The van der Waals surface area contributed by atoms with Gasteiger partial charge in [0.25, 0.3) is 0 Å². The molecule has 0 spiro atoms. The van der Waals surface area contributed by atoms with Crippen molar-refractivity contribution in [2.75, 3.05) is 31.5 Å². The second-order valence-corrected chi connectivity index (χ2v) is 4.43. The largest absolute Gasteiger partial charge is 0.393 e. The number of hydrogen-bond acceptors (Lipinski definition) is 5. The van der Waals surface area contributed by atoms with Crippen molar-refractivity contribution in [2.24, 2.45) is 0 Å². The molecule has 2 N–H and O–H groups in total. The summed E-state index contributed by atoms with van der Waals surface area (Å²) in [6.07, 6.45) is 6.30. The number of nitrogens with one attached hydrogen (secondary N) is 1. The molecule has 1 aliphatic rings. The predicted octanol–water partition coefficient (Wildman–Crippen LogP) is 0.735. The number of hydrogen-bond donors (Lipinski definition) is 2. The lowest BCUT2D eigenvalue weighted by atomic mass is 10.1. The zero-order chi connectivity index (χ0) is 11.9. The average molecular weight is 236 g/mol. The zero-order valence-corrected chi connectivity index (χ0v) is 10.0. The summed E-state index contributed by atoms with van der Waals surface area (Å²) in [4.78, 5) is 10.6. The summed E-state index contributed by atoms with van der Waals surface area (Å²) < 4.78 is 0. The van der Waals surface area contributed by atoms with Crippen LogP contribution in [0.1, 0.15) is 19.3 Å². The van der Waals surface area contributed by atoms with E-state index in [9.17, 15) is 5.11 Å². The number of aromatic nitrogens is 2. The Labute approximate surface area is 102 Å². The maximum absolute atomic E-state index is 9.39. The first-order valence-electron chi connectivity index (χ1n) is 6.26. The first kappa shape index (κ1) is 12.3. The Hall–Kier alpha value is -1.20. The van der Waals surface area contributed by atoms with Crippen LogP contribution < -0.4 is 5.32 Å². The lowest BCUT2D eigenvalue weighted by Crippen LogP contribution is -2.36. The fourth-order valence-corrected chi connectivity index (χ4v) is 2.04. The van der Waals surface area contributed by atoms with E-state index in [1.54, 1.807) is 12.4 Å².